The molecule has 0 aromatic heterocycles. The van der Waals surface area contributed by atoms with Gasteiger partial charge < -0.3 is 9.47 Å². The van der Waals surface area contributed by atoms with Gasteiger partial charge in [-0.2, -0.15) is 0 Å². The number of fused-ring (bicyclic) bond motifs is 3. The summed E-state index contributed by atoms with van der Waals surface area (Å²) in [5.74, 6) is 1.79. The monoisotopic (exact) mass is 440 g/mol. The van der Waals surface area contributed by atoms with Crippen molar-refractivity contribution in [1.82, 2.24) is 0 Å². The molecule has 0 heterocycles. The number of hydrogen-bond donors (Lipinski definition) is 0. The molecule has 2 nitrogen and oxygen atoms in total. The van der Waals surface area contributed by atoms with Gasteiger partial charge in [-0.25, -0.2) is 0 Å². The van der Waals surface area contributed by atoms with Crippen LogP contribution in [0.1, 0.15) is 0 Å². The van der Waals surface area contributed by atoms with Gasteiger partial charge in [-0.3, -0.25) is 0 Å². The second kappa shape index (κ2) is 8.24. The smallest absolute Gasteiger partial charge is 0.126 e. The molecule has 0 aliphatic heterocycles. The van der Waals surface area contributed by atoms with Crippen molar-refractivity contribution in [2.45, 2.75) is 0 Å². The van der Waals surface area contributed by atoms with Gasteiger partial charge in [0.2, 0.25) is 0 Å². The predicted molar refractivity (Wildman–Crippen MR) is 143 cm³/mol. The van der Waals surface area contributed by atoms with E-state index in [4.69, 9.17) is 9.47 Å². The van der Waals surface area contributed by atoms with Gasteiger partial charge in [0.15, 0.2) is 0 Å². The summed E-state index contributed by atoms with van der Waals surface area (Å²) in [5.41, 5.74) is 4.85. The Labute approximate surface area is 199 Å². The minimum Gasteiger partial charge on any atom is -0.496 e. The van der Waals surface area contributed by atoms with Crippen LogP contribution in [0, 0.1) is 0 Å². The highest BCUT2D eigenvalue weighted by Crippen LogP contribution is 2.42. The molecule has 2 heteroatoms. The summed E-state index contributed by atoms with van der Waals surface area (Å²) in [5, 5.41) is 7.09. The average Bonchev–Trinajstić information content (AvgIpc) is 2.91. The zero-order valence-electron chi connectivity index (χ0n) is 19.2. The van der Waals surface area contributed by atoms with E-state index < -0.39 is 0 Å². The molecule has 0 fully saturated rings. The summed E-state index contributed by atoms with van der Waals surface area (Å²) in [6.45, 7) is 0. The van der Waals surface area contributed by atoms with Crippen LogP contribution in [0.15, 0.2) is 109 Å². The molecule has 6 aromatic rings. The van der Waals surface area contributed by atoms with Crippen LogP contribution in [0.3, 0.4) is 0 Å². The maximum Gasteiger partial charge on any atom is 0.126 e. The second-order valence-corrected chi connectivity index (χ2v) is 8.43. The summed E-state index contributed by atoms with van der Waals surface area (Å²) >= 11 is 0. The van der Waals surface area contributed by atoms with Gasteiger partial charge in [-0.1, -0.05) is 97.1 Å². The maximum atomic E-state index is 5.63. The van der Waals surface area contributed by atoms with Crippen molar-refractivity contribution in [3.63, 3.8) is 0 Å². The van der Waals surface area contributed by atoms with E-state index in [-0.39, 0.29) is 0 Å². The molecule has 0 N–H and O–H groups in total. The van der Waals surface area contributed by atoms with Gasteiger partial charge in [0, 0.05) is 10.8 Å². The first kappa shape index (κ1) is 20.3. The van der Waals surface area contributed by atoms with Crippen LogP contribution in [-0.2, 0) is 0 Å². The third-order valence-corrected chi connectivity index (χ3v) is 6.71. The fraction of sp³-hybridized carbons (Fsp3) is 0.0625. The third-order valence-electron chi connectivity index (χ3n) is 6.71. The van der Waals surface area contributed by atoms with Crippen LogP contribution in [0.25, 0.3) is 54.6 Å². The molecule has 0 spiro atoms. The van der Waals surface area contributed by atoms with E-state index >= 15 is 0 Å². The lowest BCUT2D eigenvalue weighted by molar-refractivity contribution is 0.420. The number of methoxy groups -OCH3 is 2. The molecule has 6 rings (SSSR count). The van der Waals surface area contributed by atoms with Crippen LogP contribution in [0.4, 0.5) is 0 Å². The lowest BCUT2D eigenvalue weighted by Crippen LogP contribution is -1.90. The molecule has 0 amide bonds. The van der Waals surface area contributed by atoms with Crippen molar-refractivity contribution < 1.29 is 9.47 Å². The number of benzene rings is 6. The van der Waals surface area contributed by atoms with Crippen molar-refractivity contribution in [3.05, 3.63) is 109 Å². The maximum absolute atomic E-state index is 5.63. The topological polar surface area (TPSA) is 18.5 Å². The Morgan fingerprint density at radius 3 is 1.06 bits per heavy atom. The van der Waals surface area contributed by atoms with Gasteiger partial charge in [-0.15, -0.1) is 0 Å². The van der Waals surface area contributed by atoms with Gasteiger partial charge in [0.25, 0.3) is 0 Å². The molecule has 0 radical (unpaired) electrons. The highest BCUT2D eigenvalue weighted by Gasteiger charge is 2.14. The minimum atomic E-state index is 0.893. The molecule has 0 aliphatic carbocycles. The van der Waals surface area contributed by atoms with E-state index in [1.54, 1.807) is 14.2 Å². The van der Waals surface area contributed by atoms with Crippen LogP contribution in [-0.4, -0.2) is 14.2 Å². The lowest BCUT2D eigenvalue weighted by atomic mass is 9.89. The SMILES string of the molecule is COc1ccc(-c2cccc3c(-c4ccc(OC)c5ccccc45)cccc23)c2ccccc12. The van der Waals surface area contributed by atoms with Gasteiger partial charge in [0.05, 0.1) is 14.2 Å². The van der Waals surface area contributed by atoms with Crippen molar-refractivity contribution in [2.75, 3.05) is 14.2 Å². The van der Waals surface area contributed by atoms with Crippen molar-refractivity contribution in [1.29, 1.82) is 0 Å². The predicted octanol–water partition coefficient (Wildman–Crippen LogP) is 8.50. The molecule has 0 saturated carbocycles. The van der Waals surface area contributed by atoms with Gasteiger partial charge in [-0.05, 0) is 55.9 Å². The third kappa shape index (κ3) is 3.11. The molecular formula is C32H24O2. The van der Waals surface area contributed by atoms with E-state index in [9.17, 15) is 0 Å². The minimum absolute atomic E-state index is 0.893. The first-order chi connectivity index (χ1) is 16.8. The normalized spacial score (nSPS) is 11.2. The number of ether oxygens (including phenoxy) is 2. The lowest BCUT2D eigenvalue weighted by Gasteiger charge is -2.16. The molecule has 0 aliphatic rings. The first-order valence-corrected chi connectivity index (χ1v) is 11.4. The molecule has 0 unspecified atom stereocenters. The number of hydrogen-bond acceptors (Lipinski definition) is 2. The molecule has 0 saturated heterocycles. The van der Waals surface area contributed by atoms with E-state index in [2.05, 4.69) is 109 Å². The molecule has 0 bridgehead atoms. The summed E-state index contributed by atoms with van der Waals surface area (Å²) in [7, 11) is 3.45. The Balaban J connectivity index is 1.64. The molecule has 164 valence electrons. The Morgan fingerprint density at radius 1 is 0.324 bits per heavy atom. The van der Waals surface area contributed by atoms with Gasteiger partial charge in [0.1, 0.15) is 11.5 Å². The highest BCUT2D eigenvalue weighted by atomic mass is 16.5. The second-order valence-electron chi connectivity index (χ2n) is 8.43. The fourth-order valence-electron chi connectivity index (χ4n) is 5.15. The molecule has 34 heavy (non-hydrogen) atoms. The fourth-order valence-corrected chi connectivity index (χ4v) is 5.15. The quantitative estimate of drug-likeness (QED) is 0.274. The Bertz CT molecular complexity index is 1550. The Kier molecular flexibility index (Phi) is 4.92. The van der Waals surface area contributed by atoms with Crippen molar-refractivity contribution in [2.24, 2.45) is 0 Å². The molecule has 0 atom stereocenters. The van der Waals surface area contributed by atoms with Crippen molar-refractivity contribution in [3.8, 4) is 33.8 Å². The van der Waals surface area contributed by atoms with Gasteiger partial charge >= 0.3 is 0 Å². The van der Waals surface area contributed by atoms with Crippen LogP contribution >= 0.6 is 0 Å². The van der Waals surface area contributed by atoms with E-state index in [0.717, 1.165) is 22.3 Å². The van der Waals surface area contributed by atoms with Crippen LogP contribution in [0.5, 0.6) is 11.5 Å². The summed E-state index contributed by atoms with van der Waals surface area (Å²) in [6.07, 6.45) is 0. The largest absolute Gasteiger partial charge is 0.496 e. The zero-order chi connectivity index (χ0) is 23.1. The van der Waals surface area contributed by atoms with E-state index in [1.165, 1.54) is 43.8 Å². The first-order valence-electron chi connectivity index (χ1n) is 11.4. The standard InChI is InChI=1S/C32H24O2/c1-33-31-19-17-27(25-9-3-5-11-29(25)31)23-15-7-14-22-21(23)13-8-16-24(22)28-18-20-32(34-2)30-12-6-4-10-26(28)30/h3-20H,1-2H3. The summed E-state index contributed by atoms with van der Waals surface area (Å²) in [6, 6.07) is 38.6. The summed E-state index contributed by atoms with van der Waals surface area (Å²) in [4.78, 5) is 0. The summed E-state index contributed by atoms with van der Waals surface area (Å²) < 4.78 is 11.3. The molecule has 6 aromatic carbocycles. The van der Waals surface area contributed by atoms with Crippen molar-refractivity contribution >= 4 is 32.3 Å². The van der Waals surface area contributed by atoms with E-state index in [0.29, 0.717) is 0 Å². The average molecular weight is 441 g/mol. The van der Waals surface area contributed by atoms with Crippen LogP contribution in [0.2, 0.25) is 0 Å². The Hall–Kier alpha value is -4.30. The van der Waals surface area contributed by atoms with Crippen LogP contribution < -0.4 is 9.47 Å². The Morgan fingerprint density at radius 2 is 0.647 bits per heavy atom. The highest BCUT2D eigenvalue weighted by molar-refractivity contribution is 6.12. The molecular weight excluding hydrogens is 416 g/mol. The zero-order valence-corrected chi connectivity index (χ0v) is 19.2. The van der Waals surface area contributed by atoms with E-state index in [1.807, 2.05) is 0 Å². The number of rotatable bonds is 4.